The molecule has 0 spiro atoms. The van der Waals surface area contributed by atoms with Crippen LogP contribution in [0.5, 0.6) is 0 Å². The van der Waals surface area contributed by atoms with E-state index in [9.17, 15) is 13.2 Å². The maximum absolute atomic E-state index is 12.7. The minimum atomic E-state index is -2.98. The summed E-state index contributed by atoms with van der Waals surface area (Å²) < 4.78 is 25.8. The molecule has 2 aliphatic heterocycles. The quantitative estimate of drug-likeness (QED) is 0.587. The number of aromatic nitrogens is 1. The van der Waals surface area contributed by atoms with Crippen molar-refractivity contribution in [2.45, 2.75) is 45.3 Å². The van der Waals surface area contributed by atoms with Gasteiger partial charge >= 0.3 is 0 Å². The first-order valence-corrected chi connectivity index (χ1v) is 14.0. The number of hydrogen-bond donors (Lipinski definition) is 1. The fourth-order valence-corrected chi connectivity index (χ4v) is 7.03. The van der Waals surface area contributed by atoms with Gasteiger partial charge in [-0.3, -0.25) is 9.69 Å². The van der Waals surface area contributed by atoms with Crippen molar-refractivity contribution in [3.05, 3.63) is 71.4 Å². The molecule has 2 aromatic carbocycles. The van der Waals surface area contributed by atoms with Gasteiger partial charge in [-0.05, 0) is 67.9 Å². The smallest absolute Gasteiger partial charge is 0.223 e. The van der Waals surface area contributed by atoms with E-state index < -0.39 is 9.84 Å². The molecule has 0 aliphatic carbocycles. The predicted molar refractivity (Wildman–Crippen MR) is 135 cm³/mol. The Morgan fingerprint density at radius 2 is 1.74 bits per heavy atom. The van der Waals surface area contributed by atoms with E-state index in [1.165, 1.54) is 27.7 Å². The summed E-state index contributed by atoms with van der Waals surface area (Å²) in [6, 6.07) is 19.2. The zero-order chi connectivity index (χ0) is 23.7. The minimum absolute atomic E-state index is 0.0235. The second-order valence-corrected chi connectivity index (χ2v) is 12.1. The second kappa shape index (κ2) is 9.55. The first-order valence-electron chi connectivity index (χ1n) is 12.2. The lowest BCUT2D eigenvalue weighted by atomic mass is 9.95. The lowest BCUT2D eigenvalue weighted by Crippen LogP contribution is -2.44. The highest BCUT2D eigenvalue weighted by molar-refractivity contribution is 7.91. The molecule has 3 heterocycles. The fraction of sp³-hybridized carbons (Fsp3) is 0.444. The van der Waals surface area contributed by atoms with Crippen molar-refractivity contribution >= 4 is 26.6 Å². The number of rotatable bonds is 6. The van der Waals surface area contributed by atoms with E-state index in [4.69, 9.17) is 0 Å². The summed E-state index contributed by atoms with van der Waals surface area (Å²) in [6.07, 6.45) is 2.16. The molecule has 2 fully saturated rings. The number of carbonyl (C=O) groups is 1. The molecule has 0 unspecified atom stereocenters. The molecule has 1 aromatic heterocycles. The average Bonchev–Trinajstić information content (AvgIpc) is 3.34. The van der Waals surface area contributed by atoms with Crippen LogP contribution >= 0.6 is 0 Å². The number of sulfone groups is 1. The molecule has 1 atom stereocenters. The number of nitrogens with one attached hydrogen (secondary N) is 1. The van der Waals surface area contributed by atoms with Gasteiger partial charge in [0.15, 0.2) is 9.84 Å². The zero-order valence-corrected chi connectivity index (χ0v) is 20.6. The molecule has 0 radical (unpaired) electrons. The van der Waals surface area contributed by atoms with Crippen LogP contribution in [-0.2, 0) is 27.7 Å². The molecule has 1 N–H and O–H groups in total. The lowest BCUT2D eigenvalue weighted by molar-refractivity contribution is -0.127. The highest BCUT2D eigenvalue weighted by atomic mass is 32.2. The standard InChI is InChI=1S/C27H33N3O3S/c1-20-6-2-3-8-23(20)17-30-25(16-22-7-4-5-9-26(22)30)18-29-13-10-21(11-14-29)27(31)28-24-12-15-34(32,33)19-24/h2-9,16,21,24H,10-15,17-19H2,1H3,(H,28,31)/t24-/m1/s1. The van der Waals surface area contributed by atoms with Crippen molar-refractivity contribution < 1.29 is 13.2 Å². The third kappa shape index (κ3) is 5.05. The summed E-state index contributed by atoms with van der Waals surface area (Å²) in [4.78, 5) is 15.1. The molecule has 0 bridgehead atoms. The number of carbonyl (C=O) groups excluding carboxylic acids is 1. The van der Waals surface area contributed by atoms with Gasteiger partial charge < -0.3 is 9.88 Å². The van der Waals surface area contributed by atoms with Crippen molar-refractivity contribution in [2.24, 2.45) is 5.92 Å². The fourth-order valence-electron chi connectivity index (χ4n) is 5.35. The van der Waals surface area contributed by atoms with Gasteiger partial charge in [-0.1, -0.05) is 42.5 Å². The van der Waals surface area contributed by atoms with E-state index in [-0.39, 0.29) is 29.4 Å². The highest BCUT2D eigenvalue weighted by Crippen LogP contribution is 2.26. The Kier molecular flexibility index (Phi) is 6.49. The SMILES string of the molecule is Cc1ccccc1Cn1c(CN2CCC(C(=O)N[C@@H]3CCS(=O)(=O)C3)CC2)cc2ccccc21. The topological polar surface area (TPSA) is 71.4 Å². The Morgan fingerprint density at radius 1 is 1.00 bits per heavy atom. The van der Waals surface area contributed by atoms with E-state index >= 15 is 0 Å². The molecule has 3 aromatic rings. The molecule has 2 saturated heterocycles. The third-order valence-electron chi connectivity index (χ3n) is 7.41. The van der Waals surface area contributed by atoms with Crippen LogP contribution in [0, 0.1) is 12.8 Å². The zero-order valence-electron chi connectivity index (χ0n) is 19.7. The first-order chi connectivity index (χ1) is 16.4. The molecular formula is C27H33N3O3S. The van der Waals surface area contributed by atoms with Gasteiger partial charge in [0.05, 0.1) is 11.5 Å². The Hall–Kier alpha value is -2.64. The van der Waals surface area contributed by atoms with Crippen LogP contribution in [0.4, 0.5) is 0 Å². The van der Waals surface area contributed by atoms with Crippen molar-refractivity contribution in [1.82, 2.24) is 14.8 Å². The molecule has 2 aliphatic rings. The van der Waals surface area contributed by atoms with E-state index in [1.54, 1.807) is 0 Å². The number of hydrogen-bond acceptors (Lipinski definition) is 4. The Morgan fingerprint density at radius 3 is 2.47 bits per heavy atom. The first kappa shape index (κ1) is 23.1. The molecule has 5 rings (SSSR count). The van der Waals surface area contributed by atoms with Crippen LogP contribution in [-0.4, -0.2) is 54.4 Å². The van der Waals surface area contributed by atoms with Crippen LogP contribution in [0.3, 0.4) is 0 Å². The summed E-state index contributed by atoms with van der Waals surface area (Å²) in [5.74, 6) is 0.267. The van der Waals surface area contributed by atoms with E-state index in [0.29, 0.717) is 6.42 Å². The van der Waals surface area contributed by atoms with E-state index in [0.717, 1.165) is 39.0 Å². The van der Waals surface area contributed by atoms with Crippen LogP contribution in [0.15, 0.2) is 54.6 Å². The van der Waals surface area contributed by atoms with Gasteiger partial charge in [0, 0.05) is 36.3 Å². The van der Waals surface area contributed by atoms with Crippen molar-refractivity contribution in [1.29, 1.82) is 0 Å². The van der Waals surface area contributed by atoms with Gasteiger partial charge in [-0.25, -0.2) is 8.42 Å². The summed E-state index contributed by atoms with van der Waals surface area (Å²) in [7, 11) is -2.98. The van der Waals surface area contributed by atoms with Gasteiger partial charge in [0.1, 0.15) is 0 Å². The number of fused-ring (bicyclic) bond motifs is 1. The van der Waals surface area contributed by atoms with Gasteiger partial charge in [-0.15, -0.1) is 0 Å². The second-order valence-electron chi connectivity index (χ2n) is 9.87. The molecule has 1 amide bonds. The monoisotopic (exact) mass is 479 g/mol. The van der Waals surface area contributed by atoms with Crippen molar-refractivity contribution in [2.75, 3.05) is 24.6 Å². The Balaban J connectivity index is 1.25. The number of nitrogens with zero attached hydrogens (tertiary/aromatic N) is 2. The summed E-state index contributed by atoms with van der Waals surface area (Å²) >= 11 is 0. The number of benzene rings is 2. The molecule has 7 heteroatoms. The van der Waals surface area contributed by atoms with Crippen LogP contribution in [0.25, 0.3) is 10.9 Å². The van der Waals surface area contributed by atoms with E-state index in [2.05, 4.69) is 76.3 Å². The molecule has 0 saturated carbocycles. The number of piperidine rings is 1. The molecular weight excluding hydrogens is 446 g/mol. The van der Waals surface area contributed by atoms with Gasteiger partial charge in [0.2, 0.25) is 5.91 Å². The van der Waals surface area contributed by atoms with Crippen LogP contribution < -0.4 is 5.32 Å². The van der Waals surface area contributed by atoms with E-state index in [1.807, 2.05) is 0 Å². The lowest BCUT2D eigenvalue weighted by Gasteiger charge is -2.32. The van der Waals surface area contributed by atoms with Gasteiger partial charge in [-0.2, -0.15) is 0 Å². The van der Waals surface area contributed by atoms with Crippen molar-refractivity contribution in [3.63, 3.8) is 0 Å². The largest absolute Gasteiger partial charge is 0.352 e. The molecule has 180 valence electrons. The maximum Gasteiger partial charge on any atom is 0.223 e. The number of likely N-dealkylation sites (tertiary alicyclic amines) is 1. The normalized spacial score (nSPS) is 21.1. The Labute approximate surface area is 201 Å². The highest BCUT2D eigenvalue weighted by Gasteiger charge is 2.32. The predicted octanol–water partition coefficient (Wildman–Crippen LogP) is 3.51. The summed E-state index contributed by atoms with van der Waals surface area (Å²) in [6.45, 7) is 5.60. The average molecular weight is 480 g/mol. The maximum atomic E-state index is 12.7. The number of amides is 1. The molecule has 34 heavy (non-hydrogen) atoms. The minimum Gasteiger partial charge on any atom is -0.352 e. The van der Waals surface area contributed by atoms with Crippen LogP contribution in [0.1, 0.15) is 36.1 Å². The van der Waals surface area contributed by atoms with Gasteiger partial charge in [0.25, 0.3) is 0 Å². The summed E-state index contributed by atoms with van der Waals surface area (Å²) in [5, 5.41) is 4.24. The molecule has 6 nitrogen and oxygen atoms in total. The van der Waals surface area contributed by atoms with Crippen molar-refractivity contribution in [3.8, 4) is 0 Å². The Bertz CT molecular complexity index is 1290. The number of para-hydroxylation sites is 1. The number of aryl methyl sites for hydroxylation is 1. The summed E-state index contributed by atoms with van der Waals surface area (Å²) in [5.41, 5.74) is 5.17. The third-order valence-corrected chi connectivity index (χ3v) is 9.18. The van der Waals surface area contributed by atoms with Crippen LogP contribution in [0.2, 0.25) is 0 Å².